The summed E-state index contributed by atoms with van der Waals surface area (Å²) in [5.41, 5.74) is 1.87. The number of carbonyl (C=O) groups excluding carboxylic acids is 1. The monoisotopic (exact) mass is 334 g/mol. The van der Waals surface area contributed by atoms with Crippen LogP contribution in [0.3, 0.4) is 0 Å². The smallest absolute Gasteiger partial charge is 0.338 e. The molecule has 126 valence electrons. The maximum atomic E-state index is 12.5. The number of rotatable bonds is 3. The molecule has 1 aliphatic heterocycles. The molecule has 0 saturated carbocycles. The van der Waals surface area contributed by atoms with E-state index >= 15 is 0 Å². The number of aryl methyl sites for hydroxylation is 1. The van der Waals surface area contributed by atoms with Gasteiger partial charge in [-0.2, -0.15) is 0 Å². The van der Waals surface area contributed by atoms with Crippen LogP contribution in [0.5, 0.6) is 0 Å². The molecular formula is C20H18N2O3. The topological polar surface area (TPSA) is 61.2 Å². The lowest BCUT2D eigenvalue weighted by molar-refractivity contribution is 0.0338. The third-order valence-electron chi connectivity index (χ3n) is 4.60. The van der Waals surface area contributed by atoms with Gasteiger partial charge in [0.25, 0.3) is 5.56 Å². The highest BCUT2D eigenvalue weighted by Crippen LogP contribution is 2.20. The summed E-state index contributed by atoms with van der Waals surface area (Å²) in [5.74, 6) is 0.376. The Morgan fingerprint density at radius 2 is 2.00 bits per heavy atom. The van der Waals surface area contributed by atoms with Crippen LogP contribution < -0.4 is 5.56 Å². The van der Waals surface area contributed by atoms with Gasteiger partial charge in [0.05, 0.1) is 16.5 Å². The van der Waals surface area contributed by atoms with E-state index in [2.05, 4.69) is 4.98 Å². The van der Waals surface area contributed by atoms with Crippen molar-refractivity contribution in [2.75, 3.05) is 0 Å². The van der Waals surface area contributed by atoms with Crippen LogP contribution in [0, 0.1) is 0 Å². The van der Waals surface area contributed by atoms with Gasteiger partial charge in [0.15, 0.2) is 0 Å². The van der Waals surface area contributed by atoms with Crippen molar-refractivity contribution in [1.82, 2.24) is 9.55 Å². The molecule has 4 rings (SSSR count). The summed E-state index contributed by atoms with van der Waals surface area (Å²) in [6, 6.07) is 14.5. The second-order valence-corrected chi connectivity index (χ2v) is 6.28. The van der Waals surface area contributed by atoms with E-state index in [-0.39, 0.29) is 11.7 Å². The van der Waals surface area contributed by atoms with Crippen LogP contribution >= 0.6 is 0 Å². The summed E-state index contributed by atoms with van der Waals surface area (Å²) < 4.78 is 7.26. The van der Waals surface area contributed by atoms with Crippen molar-refractivity contribution < 1.29 is 9.53 Å². The first-order valence-electron chi connectivity index (χ1n) is 8.43. The second kappa shape index (κ2) is 6.16. The molecule has 1 aliphatic rings. The molecule has 0 radical (unpaired) electrons. The molecule has 5 heteroatoms. The van der Waals surface area contributed by atoms with Gasteiger partial charge in [0, 0.05) is 13.0 Å². The number of esters is 1. The molecule has 1 aromatic heterocycles. The number of aromatic nitrogens is 2. The molecule has 0 bridgehead atoms. The van der Waals surface area contributed by atoms with Crippen LogP contribution in [-0.4, -0.2) is 15.5 Å². The van der Waals surface area contributed by atoms with Crippen LogP contribution in [0.4, 0.5) is 0 Å². The summed E-state index contributed by atoms with van der Waals surface area (Å²) in [6.45, 7) is 2.56. The highest BCUT2D eigenvalue weighted by atomic mass is 16.5. The maximum absolute atomic E-state index is 12.5. The zero-order valence-corrected chi connectivity index (χ0v) is 13.9. The summed E-state index contributed by atoms with van der Waals surface area (Å²) in [5, 5.41) is 0.540. The standard InChI is InChI=1S/C20H18N2O3/c1-13(14-6-3-2-4-7-14)25-20(24)15-9-10-16-17(12-15)21-18-8-5-11-22(18)19(16)23/h2-4,6-7,9-10,12-13H,5,8,11H2,1H3/t13-/m0/s1. The van der Waals surface area contributed by atoms with Gasteiger partial charge in [0.1, 0.15) is 11.9 Å². The Morgan fingerprint density at radius 1 is 1.20 bits per heavy atom. The number of ether oxygens (including phenoxy) is 1. The average Bonchev–Trinajstić information content (AvgIpc) is 3.11. The van der Waals surface area contributed by atoms with Gasteiger partial charge in [-0.15, -0.1) is 0 Å². The van der Waals surface area contributed by atoms with Gasteiger partial charge in [0.2, 0.25) is 0 Å². The van der Waals surface area contributed by atoms with Gasteiger partial charge >= 0.3 is 5.97 Å². The van der Waals surface area contributed by atoms with Crippen molar-refractivity contribution in [3.63, 3.8) is 0 Å². The van der Waals surface area contributed by atoms with Crippen molar-refractivity contribution in [3.8, 4) is 0 Å². The molecule has 3 aromatic rings. The Morgan fingerprint density at radius 3 is 2.80 bits per heavy atom. The maximum Gasteiger partial charge on any atom is 0.338 e. The van der Waals surface area contributed by atoms with Crippen LogP contribution in [0.25, 0.3) is 10.9 Å². The fourth-order valence-electron chi connectivity index (χ4n) is 3.23. The minimum atomic E-state index is -0.416. The molecule has 0 amide bonds. The summed E-state index contributed by atoms with van der Waals surface area (Å²) >= 11 is 0. The Kier molecular flexibility index (Phi) is 3.84. The fraction of sp³-hybridized carbons (Fsp3) is 0.250. The van der Waals surface area contributed by atoms with Gasteiger partial charge in [-0.05, 0) is 37.1 Å². The lowest BCUT2D eigenvalue weighted by Gasteiger charge is -2.14. The minimum absolute atomic E-state index is 0.0323. The Bertz CT molecular complexity index is 1010. The highest BCUT2D eigenvalue weighted by molar-refractivity contribution is 5.94. The molecule has 0 fully saturated rings. The number of benzene rings is 2. The third kappa shape index (κ3) is 2.82. The highest BCUT2D eigenvalue weighted by Gasteiger charge is 2.18. The zero-order chi connectivity index (χ0) is 17.4. The molecular weight excluding hydrogens is 316 g/mol. The van der Waals surface area contributed by atoms with Crippen molar-refractivity contribution in [1.29, 1.82) is 0 Å². The molecule has 0 unspecified atom stereocenters. The van der Waals surface area contributed by atoms with Gasteiger partial charge in [-0.3, -0.25) is 9.36 Å². The lowest BCUT2D eigenvalue weighted by atomic mass is 10.1. The number of fused-ring (bicyclic) bond motifs is 2. The summed E-state index contributed by atoms with van der Waals surface area (Å²) in [6.07, 6.45) is 1.38. The molecule has 0 spiro atoms. The predicted molar refractivity (Wildman–Crippen MR) is 94.6 cm³/mol. The van der Waals surface area contributed by atoms with Crippen molar-refractivity contribution in [2.24, 2.45) is 0 Å². The van der Waals surface area contributed by atoms with Crippen LogP contribution in [0.2, 0.25) is 0 Å². The van der Waals surface area contributed by atoms with Crippen LogP contribution in [0.1, 0.15) is 41.2 Å². The van der Waals surface area contributed by atoms with E-state index in [1.807, 2.05) is 37.3 Å². The quantitative estimate of drug-likeness (QED) is 0.690. The van der Waals surface area contributed by atoms with E-state index in [0.29, 0.717) is 16.5 Å². The molecule has 1 atom stereocenters. The molecule has 2 aromatic carbocycles. The van der Waals surface area contributed by atoms with Crippen LogP contribution in [-0.2, 0) is 17.7 Å². The molecule has 2 heterocycles. The number of hydrogen-bond donors (Lipinski definition) is 0. The second-order valence-electron chi connectivity index (χ2n) is 6.28. The average molecular weight is 334 g/mol. The van der Waals surface area contributed by atoms with Crippen LogP contribution in [0.15, 0.2) is 53.3 Å². The molecule has 25 heavy (non-hydrogen) atoms. The molecule has 0 N–H and O–H groups in total. The van der Waals surface area contributed by atoms with Crippen molar-refractivity contribution >= 4 is 16.9 Å². The van der Waals surface area contributed by atoms with E-state index in [1.54, 1.807) is 22.8 Å². The Labute approximate surface area is 144 Å². The summed E-state index contributed by atoms with van der Waals surface area (Å²) in [7, 11) is 0. The van der Waals surface area contributed by atoms with E-state index in [4.69, 9.17) is 4.74 Å². The van der Waals surface area contributed by atoms with E-state index in [9.17, 15) is 9.59 Å². The molecule has 0 saturated heterocycles. The first-order chi connectivity index (χ1) is 12.1. The van der Waals surface area contributed by atoms with Crippen molar-refractivity contribution in [3.05, 3.63) is 75.8 Å². The SMILES string of the molecule is C[C@H](OC(=O)c1ccc2c(=O)n3c(nc2c1)CCC3)c1ccccc1. The molecule has 5 nitrogen and oxygen atoms in total. The van der Waals surface area contributed by atoms with Gasteiger partial charge in [-0.1, -0.05) is 30.3 Å². The normalized spacial score (nSPS) is 14.3. The van der Waals surface area contributed by atoms with E-state index in [0.717, 1.165) is 30.8 Å². The summed E-state index contributed by atoms with van der Waals surface area (Å²) in [4.78, 5) is 29.5. The van der Waals surface area contributed by atoms with E-state index < -0.39 is 5.97 Å². The largest absolute Gasteiger partial charge is 0.454 e. The fourth-order valence-corrected chi connectivity index (χ4v) is 3.23. The Hall–Kier alpha value is -2.95. The van der Waals surface area contributed by atoms with E-state index in [1.165, 1.54) is 0 Å². The first kappa shape index (κ1) is 15.6. The van der Waals surface area contributed by atoms with Gasteiger partial charge < -0.3 is 4.74 Å². The molecule has 0 aliphatic carbocycles. The minimum Gasteiger partial charge on any atom is -0.454 e. The third-order valence-corrected chi connectivity index (χ3v) is 4.60. The lowest BCUT2D eigenvalue weighted by Crippen LogP contribution is -2.21. The number of nitrogens with zero attached hydrogens (tertiary/aromatic N) is 2. The van der Waals surface area contributed by atoms with Crippen molar-refractivity contribution in [2.45, 2.75) is 32.4 Å². The number of carbonyl (C=O) groups is 1. The Balaban J connectivity index is 1.64. The number of hydrogen-bond acceptors (Lipinski definition) is 4. The van der Waals surface area contributed by atoms with Gasteiger partial charge in [-0.25, -0.2) is 9.78 Å². The first-order valence-corrected chi connectivity index (χ1v) is 8.43. The zero-order valence-electron chi connectivity index (χ0n) is 13.9. The predicted octanol–water partition coefficient (Wildman–Crippen LogP) is 3.26.